The van der Waals surface area contributed by atoms with Crippen molar-refractivity contribution in [1.82, 2.24) is 19.9 Å². The van der Waals surface area contributed by atoms with Crippen LogP contribution >= 0.6 is 0 Å². The van der Waals surface area contributed by atoms with Gasteiger partial charge in [0, 0.05) is 50.5 Å². The van der Waals surface area contributed by atoms with Crippen LogP contribution in [0.4, 0.5) is 4.39 Å². The third kappa shape index (κ3) is 5.72. The Balaban J connectivity index is 1.19. The largest absolute Gasteiger partial charge is 0.343 e. The van der Waals surface area contributed by atoms with E-state index in [-0.39, 0.29) is 23.5 Å². The number of benzene rings is 1. The lowest BCUT2D eigenvalue weighted by atomic mass is 9.94. The molecule has 1 aromatic heterocycles. The molecule has 172 valence electrons. The van der Waals surface area contributed by atoms with Crippen LogP contribution in [0.15, 0.2) is 28.8 Å². The zero-order chi connectivity index (χ0) is 22.3. The molecule has 0 radical (unpaired) electrons. The van der Waals surface area contributed by atoms with Crippen molar-refractivity contribution in [3.8, 4) is 11.4 Å². The maximum atomic E-state index is 13.0. The predicted octanol–water partition coefficient (Wildman–Crippen LogP) is 3.84. The molecule has 1 aromatic carbocycles. The summed E-state index contributed by atoms with van der Waals surface area (Å²) < 4.78 is 18.3. The van der Waals surface area contributed by atoms with E-state index in [1.807, 2.05) is 9.80 Å². The second-order valence-electron chi connectivity index (χ2n) is 8.77. The number of halogens is 1. The van der Waals surface area contributed by atoms with Gasteiger partial charge in [-0.15, -0.1) is 0 Å². The third-order valence-electron chi connectivity index (χ3n) is 6.47. The van der Waals surface area contributed by atoms with Gasteiger partial charge in [0.15, 0.2) is 0 Å². The quantitative estimate of drug-likeness (QED) is 0.679. The molecule has 8 heteroatoms. The van der Waals surface area contributed by atoms with Crippen molar-refractivity contribution < 1.29 is 18.5 Å². The molecule has 0 spiro atoms. The summed E-state index contributed by atoms with van der Waals surface area (Å²) in [5.41, 5.74) is 0.690. The number of rotatable bonds is 6. The Labute approximate surface area is 188 Å². The van der Waals surface area contributed by atoms with Crippen molar-refractivity contribution in [1.29, 1.82) is 0 Å². The molecule has 0 atom stereocenters. The Morgan fingerprint density at radius 3 is 2.34 bits per heavy atom. The second kappa shape index (κ2) is 10.7. The molecule has 0 aliphatic carbocycles. The summed E-state index contributed by atoms with van der Waals surface area (Å²) in [7, 11) is 0. The van der Waals surface area contributed by atoms with Gasteiger partial charge in [0.1, 0.15) is 5.82 Å². The summed E-state index contributed by atoms with van der Waals surface area (Å²) in [5, 5.41) is 3.93. The van der Waals surface area contributed by atoms with Crippen molar-refractivity contribution >= 4 is 11.8 Å². The Morgan fingerprint density at radius 1 is 0.969 bits per heavy atom. The Hall–Kier alpha value is -2.77. The molecule has 2 fully saturated rings. The molecule has 7 nitrogen and oxygen atoms in total. The average molecular weight is 443 g/mol. The van der Waals surface area contributed by atoms with Gasteiger partial charge in [-0.25, -0.2) is 4.39 Å². The highest BCUT2D eigenvalue weighted by Crippen LogP contribution is 2.23. The molecule has 3 heterocycles. The van der Waals surface area contributed by atoms with Crippen molar-refractivity contribution in [3.63, 3.8) is 0 Å². The van der Waals surface area contributed by atoms with Gasteiger partial charge in [0.25, 0.3) is 0 Å². The topological polar surface area (TPSA) is 79.5 Å². The smallest absolute Gasteiger partial charge is 0.226 e. The number of aryl methyl sites for hydroxylation is 1. The third-order valence-corrected chi connectivity index (χ3v) is 6.47. The first kappa shape index (κ1) is 22.4. The fourth-order valence-electron chi connectivity index (χ4n) is 4.55. The van der Waals surface area contributed by atoms with Gasteiger partial charge in [0.2, 0.25) is 23.5 Å². The van der Waals surface area contributed by atoms with Gasteiger partial charge >= 0.3 is 0 Å². The first-order valence-electron chi connectivity index (χ1n) is 11.8. The number of nitrogens with zero attached hydrogens (tertiary/aromatic N) is 4. The van der Waals surface area contributed by atoms with Gasteiger partial charge in [-0.05, 0) is 56.4 Å². The number of hydrogen-bond acceptors (Lipinski definition) is 5. The molecule has 0 saturated carbocycles. The fourth-order valence-corrected chi connectivity index (χ4v) is 4.55. The molecule has 32 heavy (non-hydrogen) atoms. The highest BCUT2D eigenvalue weighted by molar-refractivity contribution is 5.80. The molecule has 0 N–H and O–H groups in total. The highest BCUT2D eigenvalue weighted by atomic mass is 19.1. The summed E-state index contributed by atoms with van der Waals surface area (Å²) in [4.78, 5) is 33.7. The summed E-state index contributed by atoms with van der Waals surface area (Å²) >= 11 is 0. The average Bonchev–Trinajstić information content (AvgIpc) is 3.11. The van der Waals surface area contributed by atoms with E-state index in [1.165, 1.54) is 25.0 Å². The molecule has 0 unspecified atom stereocenters. The number of piperidine rings is 1. The van der Waals surface area contributed by atoms with Gasteiger partial charge in [-0.3, -0.25) is 9.59 Å². The van der Waals surface area contributed by atoms with E-state index >= 15 is 0 Å². The predicted molar refractivity (Wildman–Crippen MR) is 117 cm³/mol. The van der Waals surface area contributed by atoms with Crippen LogP contribution < -0.4 is 0 Å². The van der Waals surface area contributed by atoms with Gasteiger partial charge < -0.3 is 14.3 Å². The molecule has 2 aliphatic rings. The van der Waals surface area contributed by atoms with Crippen LogP contribution in [0.3, 0.4) is 0 Å². The van der Waals surface area contributed by atoms with E-state index in [1.54, 1.807) is 12.1 Å². The maximum Gasteiger partial charge on any atom is 0.226 e. The van der Waals surface area contributed by atoms with E-state index in [2.05, 4.69) is 10.1 Å². The summed E-state index contributed by atoms with van der Waals surface area (Å²) in [6.07, 6.45) is 7.71. The number of hydrogen-bond donors (Lipinski definition) is 0. The van der Waals surface area contributed by atoms with Crippen LogP contribution in [0.1, 0.15) is 57.3 Å². The Morgan fingerprint density at radius 2 is 1.66 bits per heavy atom. The fraction of sp³-hybridized carbons (Fsp3) is 0.583. The molecule has 2 aromatic rings. The zero-order valence-corrected chi connectivity index (χ0v) is 18.5. The minimum Gasteiger partial charge on any atom is -0.343 e. The summed E-state index contributed by atoms with van der Waals surface area (Å²) in [6, 6.07) is 5.92. The molecule has 2 aliphatic heterocycles. The number of carbonyl (C=O) groups excluding carboxylic acids is 2. The molecule has 4 rings (SSSR count). The first-order chi connectivity index (χ1) is 15.6. The SMILES string of the molecule is O=C(CCCc1nc(-c2ccc(F)cc2)no1)N1CCC(C(=O)N2CCCCCC2)CC1. The van der Waals surface area contributed by atoms with Crippen LogP contribution in [0, 0.1) is 11.7 Å². The van der Waals surface area contributed by atoms with Gasteiger partial charge in [-0.1, -0.05) is 18.0 Å². The number of likely N-dealkylation sites (tertiary alicyclic amines) is 2. The molecular weight excluding hydrogens is 411 g/mol. The Kier molecular flexibility index (Phi) is 7.50. The maximum absolute atomic E-state index is 13.0. The Bertz CT molecular complexity index is 898. The van der Waals surface area contributed by atoms with E-state index in [9.17, 15) is 14.0 Å². The first-order valence-corrected chi connectivity index (χ1v) is 11.8. The normalized spacial score (nSPS) is 17.9. The van der Waals surface area contributed by atoms with Crippen LogP contribution in [-0.4, -0.2) is 57.9 Å². The summed E-state index contributed by atoms with van der Waals surface area (Å²) in [5.74, 6) is 1.03. The molecule has 0 bridgehead atoms. The molecule has 2 saturated heterocycles. The van der Waals surface area contributed by atoms with Gasteiger partial charge in [-0.2, -0.15) is 4.98 Å². The van der Waals surface area contributed by atoms with E-state index < -0.39 is 0 Å². The van der Waals surface area contributed by atoms with Crippen LogP contribution in [0.5, 0.6) is 0 Å². The van der Waals surface area contributed by atoms with Crippen LogP contribution in [0.2, 0.25) is 0 Å². The van der Waals surface area contributed by atoms with Crippen LogP contribution in [0.25, 0.3) is 11.4 Å². The standard InChI is InChI=1S/C24H31FN4O3/c25-20-10-8-18(9-11-20)23-26-21(32-27-23)6-5-7-22(30)28-16-12-19(13-17-28)24(31)29-14-3-1-2-4-15-29/h8-11,19H,1-7,12-17H2. The number of amides is 2. The second-order valence-corrected chi connectivity index (χ2v) is 8.77. The number of carbonyl (C=O) groups is 2. The van der Waals surface area contributed by atoms with Crippen molar-refractivity contribution in [2.24, 2.45) is 5.92 Å². The lowest BCUT2D eigenvalue weighted by molar-refractivity contribution is -0.140. The van der Waals surface area contributed by atoms with E-state index in [4.69, 9.17) is 4.52 Å². The zero-order valence-electron chi connectivity index (χ0n) is 18.5. The lowest BCUT2D eigenvalue weighted by Crippen LogP contribution is -2.44. The number of aromatic nitrogens is 2. The van der Waals surface area contributed by atoms with Gasteiger partial charge in [0.05, 0.1) is 0 Å². The van der Waals surface area contributed by atoms with Crippen molar-refractivity contribution in [2.75, 3.05) is 26.2 Å². The van der Waals surface area contributed by atoms with E-state index in [0.29, 0.717) is 49.6 Å². The summed E-state index contributed by atoms with van der Waals surface area (Å²) in [6.45, 7) is 3.07. The highest BCUT2D eigenvalue weighted by Gasteiger charge is 2.30. The lowest BCUT2D eigenvalue weighted by Gasteiger charge is -2.34. The van der Waals surface area contributed by atoms with Crippen LogP contribution in [-0.2, 0) is 16.0 Å². The minimum absolute atomic E-state index is 0.0559. The minimum atomic E-state index is -0.314. The van der Waals surface area contributed by atoms with Crippen molar-refractivity contribution in [3.05, 3.63) is 36.0 Å². The monoisotopic (exact) mass is 442 g/mol. The molecular formula is C24H31FN4O3. The van der Waals surface area contributed by atoms with Crippen molar-refractivity contribution in [2.45, 2.75) is 57.8 Å². The van der Waals surface area contributed by atoms with E-state index in [0.717, 1.165) is 38.8 Å². The molecule has 2 amide bonds.